The van der Waals surface area contributed by atoms with E-state index in [1.807, 2.05) is 0 Å². The Hall–Kier alpha value is -4.09. The first-order valence-electron chi connectivity index (χ1n) is 12.1. The molecule has 1 aromatic heterocycles. The van der Waals surface area contributed by atoms with Gasteiger partial charge in [-0.2, -0.15) is 0 Å². The van der Waals surface area contributed by atoms with Gasteiger partial charge in [0.1, 0.15) is 35.4 Å². The van der Waals surface area contributed by atoms with Gasteiger partial charge in [0.25, 0.3) is 0 Å². The number of ether oxygens (including phenoxy) is 2. The predicted molar refractivity (Wildman–Crippen MR) is 135 cm³/mol. The highest BCUT2D eigenvalue weighted by Gasteiger charge is 2.41. The number of rotatable bonds is 5. The molecule has 0 saturated carbocycles. The zero-order valence-electron chi connectivity index (χ0n) is 22.3. The third-order valence-corrected chi connectivity index (χ3v) is 5.55. The number of carboxylic acid groups (broad SMARTS) is 1. The van der Waals surface area contributed by atoms with Gasteiger partial charge in [-0.3, -0.25) is 9.69 Å². The summed E-state index contributed by atoms with van der Waals surface area (Å²) < 4.78 is 12.1. The predicted octanol–water partition coefficient (Wildman–Crippen LogP) is 2.85. The van der Waals surface area contributed by atoms with Crippen LogP contribution in [0.5, 0.6) is 5.75 Å². The number of hydrogen-bond donors (Lipinski definition) is 3. The van der Waals surface area contributed by atoms with E-state index in [0.717, 1.165) is 4.90 Å². The lowest BCUT2D eigenvalue weighted by Gasteiger charge is -2.36. The molecule has 12 nitrogen and oxygen atoms in total. The molecule has 206 valence electrons. The molecule has 0 fully saturated rings. The molecule has 2 atom stereocenters. The van der Waals surface area contributed by atoms with Crippen LogP contribution in [0.3, 0.4) is 0 Å². The van der Waals surface area contributed by atoms with Gasteiger partial charge in [-0.05, 0) is 59.2 Å². The Morgan fingerprint density at radius 3 is 2.16 bits per heavy atom. The Labute approximate surface area is 220 Å². The highest BCUT2D eigenvalue weighted by Crippen LogP contribution is 2.26. The molecule has 0 spiro atoms. The highest BCUT2D eigenvalue weighted by molar-refractivity contribution is 5.90. The van der Waals surface area contributed by atoms with Crippen LogP contribution >= 0.6 is 0 Å². The second-order valence-corrected chi connectivity index (χ2v) is 11.1. The summed E-state index contributed by atoms with van der Waals surface area (Å²) in [7, 11) is 0. The summed E-state index contributed by atoms with van der Waals surface area (Å²) in [5.41, 5.74) is -0.276. The fourth-order valence-corrected chi connectivity index (χ4v) is 3.86. The summed E-state index contributed by atoms with van der Waals surface area (Å²) in [6.45, 7) is 10.0. The number of hydrogen-bond acceptors (Lipinski definition) is 8. The van der Waals surface area contributed by atoms with Crippen molar-refractivity contribution in [2.45, 2.75) is 84.2 Å². The molecule has 1 aromatic carbocycles. The number of phenols is 1. The number of phenolic OH excluding ortho intramolecular Hbond substituents is 1. The van der Waals surface area contributed by atoms with Crippen LogP contribution in [0, 0.1) is 0 Å². The van der Waals surface area contributed by atoms with Gasteiger partial charge in [0, 0.05) is 12.8 Å². The van der Waals surface area contributed by atoms with Crippen LogP contribution in [-0.2, 0) is 38.4 Å². The lowest BCUT2D eigenvalue weighted by Crippen LogP contribution is -2.56. The average molecular weight is 531 g/mol. The smallest absolute Gasteiger partial charge is 0.420 e. The number of carbonyl (C=O) groups excluding carboxylic acids is 3. The number of carbonyl (C=O) groups is 4. The Morgan fingerprint density at radius 1 is 1.03 bits per heavy atom. The first kappa shape index (κ1) is 28.5. The van der Waals surface area contributed by atoms with Gasteiger partial charge in [0.2, 0.25) is 5.91 Å². The fourth-order valence-electron chi connectivity index (χ4n) is 3.86. The highest BCUT2D eigenvalue weighted by atomic mass is 16.6. The quantitative estimate of drug-likeness (QED) is 0.528. The van der Waals surface area contributed by atoms with Crippen LogP contribution in [0.2, 0.25) is 0 Å². The molecule has 3 rings (SSSR count). The number of nitrogens with one attached hydrogen (secondary N) is 1. The normalized spacial score (nSPS) is 16.3. The first-order chi connectivity index (χ1) is 17.5. The summed E-state index contributed by atoms with van der Waals surface area (Å²) in [4.78, 5) is 56.6. The molecule has 38 heavy (non-hydrogen) atoms. The van der Waals surface area contributed by atoms with E-state index in [2.05, 4.69) is 10.3 Å². The van der Waals surface area contributed by atoms with Gasteiger partial charge >= 0.3 is 18.2 Å². The van der Waals surface area contributed by atoms with Crippen LogP contribution in [-0.4, -0.2) is 72.0 Å². The number of benzene rings is 1. The monoisotopic (exact) mass is 530 g/mol. The van der Waals surface area contributed by atoms with Crippen molar-refractivity contribution in [3.8, 4) is 5.75 Å². The van der Waals surface area contributed by atoms with E-state index in [1.165, 1.54) is 23.0 Å². The van der Waals surface area contributed by atoms with Crippen LogP contribution in [0.25, 0.3) is 0 Å². The number of imidazole rings is 1. The zero-order chi connectivity index (χ0) is 28.4. The van der Waals surface area contributed by atoms with Gasteiger partial charge in [0.05, 0.1) is 17.9 Å². The van der Waals surface area contributed by atoms with Gasteiger partial charge in [-0.1, -0.05) is 12.1 Å². The van der Waals surface area contributed by atoms with Crippen molar-refractivity contribution in [3.05, 3.63) is 47.5 Å². The van der Waals surface area contributed by atoms with Gasteiger partial charge < -0.3 is 25.0 Å². The van der Waals surface area contributed by atoms with Crippen LogP contribution in [0.4, 0.5) is 9.59 Å². The Kier molecular flexibility index (Phi) is 8.03. The number of aromatic hydroxyl groups is 1. The Bertz CT molecular complexity index is 1210. The van der Waals surface area contributed by atoms with Gasteiger partial charge in [-0.25, -0.2) is 23.9 Å². The molecular formula is C26H34N4O8. The van der Waals surface area contributed by atoms with Crippen molar-refractivity contribution >= 4 is 24.1 Å². The van der Waals surface area contributed by atoms with Crippen molar-refractivity contribution in [2.75, 3.05) is 0 Å². The van der Waals surface area contributed by atoms with Crippen molar-refractivity contribution in [1.29, 1.82) is 0 Å². The van der Waals surface area contributed by atoms with Crippen molar-refractivity contribution in [2.24, 2.45) is 0 Å². The zero-order valence-corrected chi connectivity index (χ0v) is 22.3. The maximum Gasteiger partial charge on any atom is 0.420 e. The topological polar surface area (TPSA) is 160 Å². The minimum absolute atomic E-state index is 0.0292. The third kappa shape index (κ3) is 7.24. The second-order valence-electron chi connectivity index (χ2n) is 11.1. The average Bonchev–Trinajstić information content (AvgIpc) is 3.20. The van der Waals surface area contributed by atoms with Crippen LogP contribution < -0.4 is 5.32 Å². The van der Waals surface area contributed by atoms with Crippen molar-refractivity contribution in [3.63, 3.8) is 0 Å². The minimum atomic E-state index is -1.30. The van der Waals surface area contributed by atoms with Crippen LogP contribution in [0.15, 0.2) is 30.6 Å². The SMILES string of the molecule is CC(C)(C)OC(=O)N1Cc2c(ncn2C(=O)OC(C)(C)C)C[C@H]1C(=O)N[C@@H](Cc1ccc(O)cc1)C(=O)O. The lowest BCUT2D eigenvalue weighted by atomic mass is 10.0. The molecule has 0 aliphatic carbocycles. The van der Waals surface area contributed by atoms with Crippen LogP contribution in [0.1, 0.15) is 58.5 Å². The molecule has 0 radical (unpaired) electrons. The van der Waals surface area contributed by atoms with E-state index >= 15 is 0 Å². The molecule has 2 amide bonds. The molecule has 1 aliphatic rings. The summed E-state index contributed by atoms with van der Waals surface area (Å²) in [6.07, 6.45) is -0.318. The van der Waals surface area contributed by atoms with E-state index < -0.39 is 47.3 Å². The van der Waals surface area contributed by atoms with E-state index in [9.17, 15) is 29.4 Å². The standard InChI is InChI=1S/C26H34N4O8/c1-25(2,3)37-23(35)29-13-20-17(27-14-30(20)24(36)38-26(4,5)6)12-19(29)21(32)28-18(22(33)34)11-15-7-9-16(31)10-8-15/h7-10,14,18-19,31H,11-13H2,1-6H3,(H,28,32)(H,33,34)/t18-,19-/m0/s1. The number of aliphatic carboxylic acids is 1. The maximum atomic E-state index is 13.4. The molecule has 12 heteroatoms. The summed E-state index contributed by atoms with van der Waals surface area (Å²) in [6, 6.07) is 3.52. The Morgan fingerprint density at radius 2 is 1.61 bits per heavy atom. The minimum Gasteiger partial charge on any atom is -0.508 e. The van der Waals surface area contributed by atoms with E-state index in [-0.39, 0.29) is 25.1 Å². The summed E-state index contributed by atoms with van der Waals surface area (Å²) in [5, 5.41) is 21.7. The molecule has 0 bridgehead atoms. The fraction of sp³-hybridized carbons (Fsp3) is 0.500. The lowest BCUT2D eigenvalue weighted by molar-refractivity contribution is -0.142. The molecular weight excluding hydrogens is 496 g/mol. The number of nitrogens with zero attached hydrogens (tertiary/aromatic N) is 3. The van der Waals surface area contributed by atoms with Crippen molar-refractivity contribution < 1.29 is 38.9 Å². The number of fused-ring (bicyclic) bond motifs is 1. The summed E-state index contributed by atoms with van der Waals surface area (Å²) >= 11 is 0. The van der Waals surface area contributed by atoms with E-state index in [1.54, 1.807) is 53.7 Å². The number of amides is 2. The van der Waals surface area contributed by atoms with Gasteiger partial charge in [-0.15, -0.1) is 0 Å². The third-order valence-electron chi connectivity index (χ3n) is 5.55. The second kappa shape index (κ2) is 10.7. The molecule has 2 aromatic rings. The maximum absolute atomic E-state index is 13.4. The first-order valence-corrected chi connectivity index (χ1v) is 12.1. The molecule has 3 N–H and O–H groups in total. The summed E-state index contributed by atoms with van der Waals surface area (Å²) in [5.74, 6) is -1.94. The molecule has 0 saturated heterocycles. The van der Waals surface area contributed by atoms with E-state index in [4.69, 9.17) is 9.47 Å². The van der Waals surface area contributed by atoms with Crippen molar-refractivity contribution in [1.82, 2.24) is 19.8 Å². The van der Waals surface area contributed by atoms with Gasteiger partial charge in [0.15, 0.2) is 0 Å². The molecule has 1 aliphatic heterocycles. The largest absolute Gasteiger partial charge is 0.508 e. The molecule has 0 unspecified atom stereocenters. The number of carboxylic acids is 1. The van der Waals surface area contributed by atoms with E-state index in [0.29, 0.717) is 17.0 Å². The number of aromatic nitrogens is 2. The Balaban J connectivity index is 1.89. The molecule has 2 heterocycles.